The molecule has 0 amide bonds. The second-order valence-corrected chi connectivity index (χ2v) is 8.95. The highest BCUT2D eigenvalue weighted by Crippen LogP contribution is 2.27. The van der Waals surface area contributed by atoms with Gasteiger partial charge < -0.3 is 0 Å². The number of hydrogen-bond donors (Lipinski definition) is 1. The third-order valence-corrected chi connectivity index (χ3v) is 7.09. The Hall–Kier alpha value is 0.270. The van der Waals surface area contributed by atoms with Crippen molar-refractivity contribution in [3.63, 3.8) is 0 Å². The Morgan fingerprint density at radius 2 is 1.84 bits per heavy atom. The maximum absolute atomic E-state index is 12.2. The number of benzene rings is 1. The van der Waals surface area contributed by atoms with E-state index < -0.39 is 10.0 Å². The standard InChI is InChI=1S/C11H8Br3NO2S2/c12-7-1-2-11(9(14)5-7)19(16,17)15-6-10-8(13)3-4-18-10/h1-5,15H,6H2. The molecule has 0 spiro atoms. The summed E-state index contributed by atoms with van der Waals surface area (Å²) in [7, 11) is -3.53. The van der Waals surface area contributed by atoms with Crippen molar-refractivity contribution in [1.82, 2.24) is 4.72 Å². The largest absolute Gasteiger partial charge is 0.242 e. The molecule has 102 valence electrons. The normalized spacial score (nSPS) is 11.7. The quantitative estimate of drug-likeness (QED) is 0.686. The van der Waals surface area contributed by atoms with Crippen LogP contribution < -0.4 is 4.72 Å². The fraction of sp³-hybridized carbons (Fsp3) is 0.0909. The van der Waals surface area contributed by atoms with Crippen molar-refractivity contribution in [1.29, 1.82) is 0 Å². The summed E-state index contributed by atoms with van der Waals surface area (Å²) in [6.07, 6.45) is 0. The van der Waals surface area contributed by atoms with Crippen molar-refractivity contribution in [3.05, 3.63) is 47.9 Å². The van der Waals surface area contributed by atoms with E-state index in [9.17, 15) is 8.42 Å². The lowest BCUT2D eigenvalue weighted by molar-refractivity contribution is 0.581. The van der Waals surface area contributed by atoms with Gasteiger partial charge in [-0.05, 0) is 61.5 Å². The zero-order valence-electron chi connectivity index (χ0n) is 9.36. The van der Waals surface area contributed by atoms with Crippen LogP contribution in [0, 0.1) is 0 Å². The molecule has 0 aliphatic carbocycles. The average Bonchev–Trinajstić information content (AvgIpc) is 2.72. The Bertz CT molecular complexity index is 698. The van der Waals surface area contributed by atoms with E-state index in [1.807, 2.05) is 11.4 Å². The Morgan fingerprint density at radius 3 is 2.42 bits per heavy atom. The molecule has 1 aromatic carbocycles. The van der Waals surface area contributed by atoms with Gasteiger partial charge in [0, 0.05) is 24.8 Å². The van der Waals surface area contributed by atoms with E-state index in [4.69, 9.17) is 0 Å². The van der Waals surface area contributed by atoms with E-state index in [1.54, 1.807) is 18.2 Å². The van der Waals surface area contributed by atoms with Gasteiger partial charge in [-0.25, -0.2) is 13.1 Å². The number of sulfonamides is 1. The minimum Gasteiger partial charge on any atom is -0.207 e. The van der Waals surface area contributed by atoms with Crippen molar-refractivity contribution in [3.8, 4) is 0 Å². The molecule has 0 bridgehead atoms. The van der Waals surface area contributed by atoms with Gasteiger partial charge >= 0.3 is 0 Å². The van der Waals surface area contributed by atoms with E-state index in [-0.39, 0.29) is 11.4 Å². The molecule has 0 saturated heterocycles. The minimum atomic E-state index is -3.53. The SMILES string of the molecule is O=S(=O)(NCc1sccc1Br)c1ccc(Br)cc1Br. The molecule has 2 rings (SSSR count). The summed E-state index contributed by atoms with van der Waals surface area (Å²) in [5, 5.41) is 1.91. The van der Waals surface area contributed by atoms with E-state index in [1.165, 1.54) is 11.3 Å². The van der Waals surface area contributed by atoms with Crippen molar-refractivity contribution in [2.24, 2.45) is 0 Å². The predicted octanol–water partition coefficient (Wildman–Crippen LogP) is 4.51. The van der Waals surface area contributed by atoms with Crippen molar-refractivity contribution in [2.75, 3.05) is 0 Å². The molecule has 0 radical (unpaired) electrons. The monoisotopic (exact) mass is 487 g/mol. The van der Waals surface area contributed by atoms with Gasteiger partial charge in [0.25, 0.3) is 0 Å². The Labute approximate surface area is 140 Å². The highest BCUT2D eigenvalue weighted by atomic mass is 79.9. The van der Waals surface area contributed by atoms with Crippen LogP contribution >= 0.6 is 59.1 Å². The van der Waals surface area contributed by atoms with E-state index in [0.717, 1.165) is 13.8 Å². The van der Waals surface area contributed by atoms with Gasteiger partial charge in [-0.1, -0.05) is 15.9 Å². The fourth-order valence-corrected chi connectivity index (χ4v) is 5.65. The van der Waals surface area contributed by atoms with E-state index >= 15 is 0 Å². The van der Waals surface area contributed by atoms with Crippen LogP contribution in [-0.2, 0) is 16.6 Å². The lowest BCUT2D eigenvalue weighted by Crippen LogP contribution is -2.23. The smallest absolute Gasteiger partial charge is 0.207 e. The first-order valence-corrected chi connectivity index (χ1v) is 9.81. The summed E-state index contributed by atoms with van der Waals surface area (Å²) >= 11 is 11.4. The molecule has 0 saturated carbocycles. The fourth-order valence-electron chi connectivity index (χ4n) is 1.38. The van der Waals surface area contributed by atoms with Crippen LogP contribution in [0.25, 0.3) is 0 Å². The maximum atomic E-state index is 12.2. The van der Waals surface area contributed by atoms with Gasteiger partial charge in [-0.2, -0.15) is 0 Å². The van der Waals surface area contributed by atoms with Crippen LogP contribution in [0.5, 0.6) is 0 Å². The van der Waals surface area contributed by atoms with Crippen LogP contribution in [0.3, 0.4) is 0 Å². The van der Waals surface area contributed by atoms with E-state index in [2.05, 4.69) is 52.5 Å². The molecule has 1 aromatic heterocycles. The summed E-state index contributed by atoms with van der Waals surface area (Å²) in [5.74, 6) is 0. The summed E-state index contributed by atoms with van der Waals surface area (Å²) in [6, 6.07) is 6.85. The second kappa shape index (κ2) is 6.36. The van der Waals surface area contributed by atoms with Gasteiger partial charge in [-0.3, -0.25) is 0 Å². The topological polar surface area (TPSA) is 46.2 Å². The molecule has 0 unspecified atom stereocenters. The molecule has 0 aliphatic rings. The lowest BCUT2D eigenvalue weighted by Gasteiger charge is -2.08. The molecular weight excluding hydrogens is 482 g/mol. The van der Waals surface area contributed by atoms with Gasteiger partial charge in [0.05, 0.1) is 4.90 Å². The third kappa shape index (κ3) is 3.89. The molecular formula is C11H8Br3NO2S2. The molecule has 0 aliphatic heterocycles. The predicted molar refractivity (Wildman–Crippen MR) is 87.9 cm³/mol. The number of rotatable bonds is 4. The number of thiophene rings is 1. The molecule has 8 heteroatoms. The van der Waals surface area contributed by atoms with Crippen molar-refractivity contribution in [2.45, 2.75) is 11.4 Å². The van der Waals surface area contributed by atoms with E-state index in [0.29, 0.717) is 4.47 Å². The maximum Gasteiger partial charge on any atom is 0.242 e. The lowest BCUT2D eigenvalue weighted by atomic mass is 10.4. The second-order valence-electron chi connectivity index (χ2n) is 3.59. The highest BCUT2D eigenvalue weighted by Gasteiger charge is 2.18. The van der Waals surface area contributed by atoms with Crippen LogP contribution in [-0.4, -0.2) is 8.42 Å². The van der Waals surface area contributed by atoms with Crippen LogP contribution in [0.2, 0.25) is 0 Å². The number of hydrogen-bond acceptors (Lipinski definition) is 3. The van der Waals surface area contributed by atoms with Crippen molar-refractivity contribution >= 4 is 69.1 Å². The zero-order valence-corrected chi connectivity index (χ0v) is 15.8. The van der Waals surface area contributed by atoms with Gasteiger partial charge in [0.15, 0.2) is 0 Å². The number of nitrogens with one attached hydrogen (secondary N) is 1. The molecule has 3 nitrogen and oxygen atoms in total. The highest BCUT2D eigenvalue weighted by molar-refractivity contribution is 9.11. The average molecular weight is 490 g/mol. The molecule has 2 aromatic rings. The van der Waals surface area contributed by atoms with Crippen LogP contribution in [0.15, 0.2) is 48.0 Å². The van der Waals surface area contributed by atoms with Gasteiger partial charge in [-0.15, -0.1) is 11.3 Å². The summed E-state index contributed by atoms with van der Waals surface area (Å²) in [5.41, 5.74) is 0. The molecule has 1 heterocycles. The first kappa shape index (κ1) is 15.7. The third-order valence-electron chi connectivity index (χ3n) is 2.30. The Kier molecular flexibility index (Phi) is 5.24. The minimum absolute atomic E-state index is 0.225. The molecule has 0 atom stereocenters. The van der Waals surface area contributed by atoms with Gasteiger partial charge in [0.2, 0.25) is 10.0 Å². The van der Waals surface area contributed by atoms with Crippen molar-refractivity contribution < 1.29 is 8.42 Å². The molecule has 1 N–H and O–H groups in total. The number of halogens is 3. The first-order chi connectivity index (χ1) is 8.90. The Balaban J connectivity index is 2.21. The Morgan fingerprint density at radius 1 is 1.11 bits per heavy atom. The summed E-state index contributed by atoms with van der Waals surface area (Å²) in [6.45, 7) is 0.267. The molecule has 0 fully saturated rings. The first-order valence-electron chi connectivity index (χ1n) is 5.07. The zero-order chi connectivity index (χ0) is 14.0. The van der Waals surface area contributed by atoms with Crippen LogP contribution in [0.1, 0.15) is 4.88 Å². The van der Waals surface area contributed by atoms with Crippen LogP contribution in [0.4, 0.5) is 0 Å². The summed E-state index contributed by atoms with van der Waals surface area (Å²) < 4.78 is 29.3. The summed E-state index contributed by atoms with van der Waals surface area (Å²) in [4.78, 5) is 1.17. The molecule has 19 heavy (non-hydrogen) atoms. The van der Waals surface area contributed by atoms with Gasteiger partial charge in [0.1, 0.15) is 0 Å².